The summed E-state index contributed by atoms with van der Waals surface area (Å²) >= 11 is 1.73. The van der Waals surface area contributed by atoms with Gasteiger partial charge in [0.05, 0.1) is 5.69 Å². The molecular formula is C9H14N2S. The van der Waals surface area contributed by atoms with Gasteiger partial charge in [-0.15, -0.1) is 11.3 Å². The van der Waals surface area contributed by atoms with Crippen LogP contribution in [0, 0.1) is 0 Å². The Hall–Kier alpha value is -0.570. The summed E-state index contributed by atoms with van der Waals surface area (Å²) in [6.07, 6.45) is 5.06. The molecule has 1 aromatic rings. The number of anilines is 1. The highest BCUT2D eigenvalue weighted by Crippen LogP contribution is 2.25. The van der Waals surface area contributed by atoms with E-state index in [2.05, 4.69) is 22.6 Å². The molecule has 0 atom stereocenters. The van der Waals surface area contributed by atoms with Crippen molar-refractivity contribution in [3.8, 4) is 0 Å². The third kappa shape index (κ3) is 1.61. The van der Waals surface area contributed by atoms with Crippen LogP contribution in [0.1, 0.15) is 31.9 Å². The van der Waals surface area contributed by atoms with Crippen molar-refractivity contribution in [1.82, 2.24) is 4.98 Å². The lowest BCUT2D eigenvalue weighted by atomic mass is 9.93. The van der Waals surface area contributed by atoms with Crippen LogP contribution in [0.4, 0.5) is 5.13 Å². The van der Waals surface area contributed by atoms with Crippen molar-refractivity contribution in [2.75, 3.05) is 5.32 Å². The van der Waals surface area contributed by atoms with Crippen molar-refractivity contribution in [1.29, 1.82) is 0 Å². The van der Waals surface area contributed by atoms with E-state index in [4.69, 9.17) is 0 Å². The first-order chi connectivity index (χ1) is 5.88. The fourth-order valence-electron chi connectivity index (χ4n) is 1.26. The Labute approximate surface area is 77.0 Å². The first kappa shape index (κ1) is 8.05. The lowest BCUT2D eigenvalue weighted by Gasteiger charge is -2.25. The first-order valence-electron chi connectivity index (χ1n) is 4.59. The number of aryl methyl sites for hydroxylation is 1. The van der Waals surface area contributed by atoms with Gasteiger partial charge in [-0.3, -0.25) is 0 Å². The normalized spacial score (nSPS) is 17.4. The van der Waals surface area contributed by atoms with E-state index in [1.807, 2.05) is 0 Å². The summed E-state index contributed by atoms with van der Waals surface area (Å²) in [6.45, 7) is 2.14. The third-order valence-electron chi connectivity index (χ3n) is 2.35. The van der Waals surface area contributed by atoms with Crippen LogP contribution in [0.15, 0.2) is 5.38 Å². The standard InChI is InChI=1S/C9H14N2S/c1-2-7-6-12-9(10-7)11-8-4-3-5-8/h6,8H,2-5H2,1H3,(H,10,11). The van der Waals surface area contributed by atoms with Crippen molar-refractivity contribution in [2.45, 2.75) is 38.6 Å². The molecular weight excluding hydrogens is 168 g/mol. The zero-order valence-electron chi connectivity index (χ0n) is 7.34. The second kappa shape index (κ2) is 3.44. The maximum Gasteiger partial charge on any atom is 0.183 e. The molecule has 2 nitrogen and oxygen atoms in total. The molecule has 1 fully saturated rings. The van der Waals surface area contributed by atoms with Crippen LogP contribution in [-0.2, 0) is 6.42 Å². The predicted octanol–water partition coefficient (Wildman–Crippen LogP) is 2.67. The highest BCUT2D eigenvalue weighted by molar-refractivity contribution is 7.13. The summed E-state index contributed by atoms with van der Waals surface area (Å²) in [6, 6.07) is 0.709. The average Bonchev–Trinajstić information content (AvgIpc) is 2.44. The molecule has 0 aromatic carbocycles. The molecule has 1 saturated carbocycles. The fraction of sp³-hybridized carbons (Fsp3) is 0.667. The maximum atomic E-state index is 4.46. The average molecular weight is 182 g/mol. The number of nitrogens with one attached hydrogen (secondary N) is 1. The minimum Gasteiger partial charge on any atom is -0.359 e. The molecule has 1 aliphatic carbocycles. The summed E-state index contributed by atoms with van der Waals surface area (Å²) in [5, 5.41) is 6.69. The van der Waals surface area contributed by atoms with E-state index in [0.29, 0.717) is 6.04 Å². The summed E-state index contributed by atoms with van der Waals surface area (Å²) < 4.78 is 0. The maximum absolute atomic E-state index is 4.46. The van der Waals surface area contributed by atoms with Gasteiger partial charge < -0.3 is 5.32 Å². The molecule has 2 rings (SSSR count). The monoisotopic (exact) mass is 182 g/mol. The van der Waals surface area contributed by atoms with Gasteiger partial charge in [-0.25, -0.2) is 4.98 Å². The largest absolute Gasteiger partial charge is 0.359 e. The molecule has 0 bridgehead atoms. The van der Waals surface area contributed by atoms with E-state index in [0.717, 1.165) is 11.6 Å². The Bertz CT molecular complexity index is 253. The molecule has 12 heavy (non-hydrogen) atoms. The summed E-state index contributed by atoms with van der Waals surface area (Å²) in [4.78, 5) is 4.46. The number of rotatable bonds is 3. The predicted molar refractivity (Wildman–Crippen MR) is 52.8 cm³/mol. The molecule has 3 heteroatoms. The zero-order valence-corrected chi connectivity index (χ0v) is 8.16. The van der Waals surface area contributed by atoms with Crippen molar-refractivity contribution in [2.24, 2.45) is 0 Å². The second-order valence-electron chi connectivity index (χ2n) is 3.27. The number of hydrogen-bond acceptors (Lipinski definition) is 3. The van der Waals surface area contributed by atoms with Crippen LogP contribution in [0.5, 0.6) is 0 Å². The molecule has 0 radical (unpaired) electrons. The van der Waals surface area contributed by atoms with Crippen molar-refractivity contribution >= 4 is 16.5 Å². The highest BCUT2D eigenvalue weighted by Gasteiger charge is 2.17. The van der Waals surface area contributed by atoms with Crippen LogP contribution in [0.2, 0.25) is 0 Å². The molecule has 0 amide bonds. The van der Waals surface area contributed by atoms with Crippen molar-refractivity contribution in [3.63, 3.8) is 0 Å². The van der Waals surface area contributed by atoms with Crippen LogP contribution in [0.25, 0.3) is 0 Å². The quantitative estimate of drug-likeness (QED) is 0.777. The Morgan fingerprint density at radius 1 is 1.67 bits per heavy atom. The van der Waals surface area contributed by atoms with Gasteiger partial charge in [-0.05, 0) is 25.7 Å². The minimum absolute atomic E-state index is 0.709. The van der Waals surface area contributed by atoms with Gasteiger partial charge in [0.25, 0.3) is 0 Å². The summed E-state index contributed by atoms with van der Waals surface area (Å²) in [5.74, 6) is 0. The fourth-order valence-corrected chi connectivity index (χ4v) is 2.13. The first-order valence-corrected chi connectivity index (χ1v) is 5.47. The van der Waals surface area contributed by atoms with E-state index in [1.54, 1.807) is 11.3 Å². The lowest BCUT2D eigenvalue weighted by molar-refractivity contribution is 0.445. The van der Waals surface area contributed by atoms with E-state index in [9.17, 15) is 0 Å². The molecule has 0 spiro atoms. The van der Waals surface area contributed by atoms with Crippen molar-refractivity contribution in [3.05, 3.63) is 11.1 Å². The molecule has 1 aromatic heterocycles. The van der Waals surface area contributed by atoms with Gasteiger partial charge in [0.1, 0.15) is 0 Å². The SMILES string of the molecule is CCc1csc(NC2CCC2)n1. The van der Waals surface area contributed by atoms with Gasteiger partial charge in [0, 0.05) is 11.4 Å². The van der Waals surface area contributed by atoms with Crippen LogP contribution in [0.3, 0.4) is 0 Å². The lowest BCUT2D eigenvalue weighted by Crippen LogP contribution is -2.26. The van der Waals surface area contributed by atoms with E-state index < -0.39 is 0 Å². The molecule has 0 aliphatic heterocycles. The van der Waals surface area contributed by atoms with E-state index >= 15 is 0 Å². The van der Waals surface area contributed by atoms with E-state index in [-0.39, 0.29) is 0 Å². The number of thiazole rings is 1. The van der Waals surface area contributed by atoms with Gasteiger partial charge in [-0.1, -0.05) is 6.92 Å². The minimum atomic E-state index is 0.709. The summed E-state index contributed by atoms with van der Waals surface area (Å²) in [5.41, 5.74) is 1.21. The van der Waals surface area contributed by atoms with Crippen LogP contribution < -0.4 is 5.32 Å². The van der Waals surface area contributed by atoms with Gasteiger partial charge in [-0.2, -0.15) is 0 Å². The number of nitrogens with zero attached hydrogens (tertiary/aromatic N) is 1. The Balaban J connectivity index is 1.93. The topological polar surface area (TPSA) is 24.9 Å². The third-order valence-corrected chi connectivity index (χ3v) is 3.17. The van der Waals surface area contributed by atoms with Gasteiger partial charge in [0.15, 0.2) is 5.13 Å². The highest BCUT2D eigenvalue weighted by atomic mass is 32.1. The van der Waals surface area contributed by atoms with E-state index in [1.165, 1.54) is 25.0 Å². The van der Waals surface area contributed by atoms with Crippen LogP contribution >= 0.6 is 11.3 Å². The summed E-state index contributed by atoms with van der Waals surface area (Å²) in [7, 11) is 0. The molecule has 1 N–H and O–H groups in total. The second-order valence-corrected chi connectivity index (χ2v) is 4.13. The number of hydrogen-bond donors (Lipinski definition) is 1. The molecule has 1 aliphatic rings. The number of aromatic nitrogens is 1. The smallest absolute Gasteiger partial charge is 0.183 e. The van der Waals surface area contributed by atoms with Crippen molar-refractivity contribution < 1.29 is 0 Å². The molecule has 1 heterocycles. The van der Waals surface area contributed by atoms with Gasteiger partial charge in [0.2, 0.25) is 0 Å². The zero-order chi connectivity index (χ0) is 8.39. The molecule has 66 valence electrons. The van der Waals surface area contributed by atoms with Gasteiger partial charge >= 0.3 is 0 Å². The van der Waals surface area contributed by atoms with Crippen LogP contribution in [-0.4, -0.2) is 11.0 Å². The Morgan fingerprint density at radius 3 is 3.00 bits per heavy atom. The Morgan fingerprint density at radius 2 is 2.50 bits per heavy atom. The Kier molecular flexibility index (Phi) is 2.30. The molecule has 0 saturated heterocycles. The molecule has 0 unspecified atom stereocenters.